The minimum Gasteiger partial charge on any atom is -0.336 e. The summed E-state index contributed by atoms with van der Waals surface area (Å²) in [5.41, 5.74) is 3.32. The third-order valence-corrected chi connectivity index (χ3v) is 6.68. The Labute approximate surface area is 188 Å². The summed E-state index contributed by atoms with van der Waals surface area (Å²) in [5.74, 6) is -0.690. The fraction of sp³-hybridized carbons (Fsp3) is 0.250. The number of carbonyl (C=O) groups is 1. The summed E-state index contributed by atoms with van der Waals surface area (Å²) in [6.07, 6.45) is 2.09. The molecular formula is C24H22F2N4OS. The number of hydrogen-bond donors (Lipinski definition) is 0. The molecule has 1 amide bonds. The molecule has 2 aromatic carbocycles. The van der Waals surface area contributed by atoms with Crippen LogP contribution in [0.1, 0.15) is 20.9 Å². The molecule has 5 rings (SSSR count). The van der Waals surface area contributed by atoms with E-state index in [1.807, 2.05) is 4.90 Å². The van der Waals surface area contributed by atoms with Crippen molar-refractivity contribution >= 4 is 22.2 Å². The predicted molar refractivity (Wildman–Crippen MR) is 121 cm³/mol. The molecule has 32 heavy (non-hydrogen) atoms. The van der Waals surface area contributed by atoms with Gasteiger partial charge in [-0.25, -0.2) is 13.8 Å². The molecule has 0 aliphatic carbocycles. The van der Waals surface area contributed by atoms with Gasteiger partial charge in [0.05, 0.1) is 11.4 Å². The van der Waals surface area contributed by atoms with Crippen LogP contribution in [0.15, 0.2) is 54.7 Å². The summed E-state index contributed by atoms with van der Waals surface area (Å²) in [6.45, 7) is 5.40. The van der Waals surface area contributed by atoms with Gasteiger partial charge in [-0.2, -0.15) is 0 Å². The monoisotopic (exact) mass is 452 g/mol. The van der Waals surface area contributed by atoms with Crippen LogP contribution in [0.3, 0.4) is 0 Å². The highest BCUT2D eigenvalue weighted by Gasteiger charge is 2.25. The first-order valence-corrected chi connectivity index (χ1v) is 11.3. The average Bonchev–Trinajstić information content (AvgIpc) is 3.32. The Kier molecular flexibility index (Phi) is 5.48. The van der Waals surface area contributed by atoms with Crippen LogP contribution in [-0.2, 0) is 6.54 Å². The van der Waals surface area contributed by atoms with E-state index < -0.39 is 0 Å². The van der Waals surface area contributed by atoms with Gasteiger partial charge in [0.25, 0.3) is 5.91 Å². The van der Waals surface area contributed by atoms with E-state index in [1.54, 1.807) is 23.5 Å². The molecule has 5 nitrogen and oxygen atoms in total. The van der Waals surface area contributed by atoms with Gasteiger partial charge in [-0.3, -0.25) is 14.1 Å². The van der Waals surface area contributed by atoms with Crippen LogP contribution < -0.4 is 0 Å². The second-order valence-electron chi connectivity index (χ2n) is 7.98. The number of fused-ring (bicyclic) bond motifs is 1. The van der Waals surface area contributed by atoms with Crippen molar-refractivity contribution in [2.24, 2.45) is 0 Å². The first kappa shape index (κ1) is 20.8. The van der Waals surface area contributed by atoms with Gasteiger partial charge in [-0.05, 0) is 55.5 Å². The second kappa shape index (κ2) is 8.44. The first-order valence-electron chi connectivity index (χ1n) is 10.5. The zero-order valence-electron chi connectivity index (χ0n) is 17.6. The summed E-state index contributed by atoms with van der Waals surface area (Å²) in [6, 6.07) is 12.1. The first-order chi connectivity index (χ1) is 15.5. The third-order valence-electron chi connectivity index (χ3n) is 5.78. The topological polar surface area (TPSA) is 40.9 Å². The highest BCUT2D eigenvalue weighted by Crippen LogP contribution is 2.29. The van der Waals surface area contributed by atoms with Crippen LogP contribution in [-0.4, -0.2) is 51.3 Å². The van der Waals surface area contributed by atoms with Gasteiger partial charge >= 0.3 is 0 Å². The summed E-state index contributed by atoms with van der Waals surface area (Å²) >= 11 is 1.63. The minimum atomic E-state index is -0.348. The molecule has 1 saturated heterocycles. The smallest absolute Gasteiger partial charge is 0.253 e. The number of thiazole rings is 1. The van der Waals surface area contributed by atoms with Gasteiger partial charge in [0.15, 0.2) is 4.96 Å². The number of hydrogen-bond acceptors (Lipinski definition) is 4. The molecule has 0 spiro atoms. The molecule has 0 unspecified atom stereocenters. The molecule has 4 aromatic rings. The van der Waals surface area contributed by atoms with E-state index in [0.29, 0.717) is 25.2 Å². The van der Waals surface area contributed by atoms with Crippen molar-refractivity contribution < 1.29 is 13.6 Å². The van der Waals surface area contributed by atoms with Crippen molar-refractivity contribution in [3.8, 4) is 11.3 Å². The lowest BCUT2D eigenvalue weighted by molar-refractivity contribution is 0.0627. The number of carbonyl (C=O) groups excluding carboxylic acids is 1. The van der Waals surface area contributed by atoms with Crippen LogP contribution in [0.25, 0.3) is 16.2 Å². The molecule has 0 N–H and O–H groups in total. The highest BCUT2D eigenvalue weighted by atomic mass is 32.1. The quantitative estimate of drug-likeness (QED) is 0.454. The molecule has 3 heterocycles. The summed E-state index contributed by atoms with van der Waals surface area (Å²) in [5, 5.41) is 0. The SMILES string of the molecule is Cc1cn2c(CN3CCN(C(=O)c4ccc(F)cc4)CC3)c(-c3ccc(F)cc3)nc2s1. The Balaban J connectivity index is 1.34. The van der Waals surface area contributed by atoms with Crippen LogP contribution in [0.5, 0.6) is 0 Å². The Morgan fingerprint density at radius 1 is 0.969 bits per heavy atom. The molecule has 0 bridgehead atoms. The maximum atomic E-state index is 13.4. The predicted octanol–water partition coefficient (Wildman–Crippen LogP) is 4.61. The Hall–Kier alpha value is -3.10. The number of aromatic nitrogens is 2. The standard InChI is InChI=1S/C24H22F2N4OS/c1-16-14-30-21(22(27-24(30)32-16)17-2-6-19(25)7-3-17)15-28-10-12-29(13-11-28)23(31)18-4-8-20(26)9-5-18/h2-9,14H,10-13,15H2,1H3. The number of nitrogens with zero attached hydrogens (tertiary/aromatic N) is 4. The molecule has 2 aromatic heterocycles. The molecule has 0 atom stereocenters. The number of rotatable bonds is 4. The van der Waals surface area contributed by atoms with Crippen molar-refractivity contribution in [2.75, 3.05) is 26.2 Å². The number of aryl methyl sites for hydroxylation is 1. The van der Waals surface area contributed by atoms with Crippen LogP contribution in [0.2, 0.25) is 0 Å². The number of halogens is 2. The van der Waals surface area contributed by atoms with E-state index in [-0.39, 0.29) is 17.5 Å². The average molecular weight is 453 g/mol. The Morgan fingerprint density at radius 3 is 2.25 bits per heavy atom. The third kappa shape index (κ3) is 4.03. The van der Waals surface area contributed by atoms with E-state index in [0.717, 1.165) is 35.0 Å². The van der Waals surface area contributed by atoms with E-state index >= 15 is 0 Å². The molecule has 1 aliphatic heterocycles. The van der Waals surface area contributed by atoms with E-state index in [9.17, 15) is 13.6 Å². The lowest BCUT2D eigenvalue weighted by atomic mass is 10.1. The van der Waals surface area contributed by atoms with Crippen molar-refractivity contribution in [3.05, 3.63) is 82.5 Å². The number of amides is 1. The molecule has 0 radical (unpaired) electrons. The van der Waals surface area contributed by atoms with Gasteiger partial charge in [-0.1, -0.05) is 0 Å². The van der Waals surface area contributed by atoms with Gasteiger partial charge < -0.3 is 4.90 Å². The van der Waals surface area contributed by atoms with E-state index in [2.05, 4.69) is 22.4 Å². The molecule has 0 saturated carbocycles. The zero-order chi connectivity index (χ0) is 22.2. The van der Waals surface area contributed by atoms with Crippen molar-refractivity contribution in [2.45, 2.75) is 13.5 Å². The number of imidazole rings is 1. The van der Waals surface area contributed by atoms with Crippen LogP contribution in [0, 0.1) is 18.6 Å². The van der Waals surface area contributed by atoms with E-state index in [4.69, 9.17) is 4.98 Å². The van der Waals surface area contributed by atoms with Crippen molar-refractivity contribution in [3.63, 3.8) is 0 Å². The van der Waals surface area contributed by atoms with Crippen LogP contribution >= 0.6 is 11.3 Å². The maximum Gasteiger partial charge on any atom is 0.253 e. The lowest BCUT2D eigenvalue weighted by Gasteiger charge is -2.34. The largest absolute Gasteiger partial charge is 0.336 e. The summed E-state index contributed by atoms with van der Waals surface area (Å²) in [7, 11) is 0. The van der Waals surface area contributed by atoms with Gasteiger partial charge in [-0.15, -0.1) is 11.3 Å². The molecule has 164 valence electrons. The van der Waals surface area contributed by atoms with Crippen molar-refractivity contribution in [1.29, 1.82) is 0 Å². The van der Waals surface area contributed by atoms with Crippen LogP contribution in [0.4, 0.5) is 8.78 Å². The van der Waals surface area contributed by atoms with Gasteiger partial charge in [0.1, 0.15) is 11.6 Å². The molecule has 8 heteroatoms. The highest BCUT2D eigenvalue weighted by molar-refractivity contribution is 7.17. The summed E-state index contributed by atoms with van der Waals surface area (Å²) < 4.78 is 28.7. The normalized spacial score (nSPS) is 14.9. The fourth-order valence-electron chi connectivity index (χ4n) is 4.09. The molecule has 1 fully saturated rings. The minimum absolute atomic E-state index is 0.0724. The fourth-order valence-corrected chi connectivity index (χ4v) is 4.93. The van der Waals surface area contributed by atoms with E-state index in [1.165, 1.54) is 41.3 Å². The lowest BCUT2D eigenvalue weighted by Crippen LogP contribution is -2.48. The summed E-state index contributed by atoms with van der Waals surface area (Å²) in [4.78, 5) is 23.8. The molecular weight excluding hydrogens is 430 g/mol. The number of benzene rings is 2. The zero-order valence-corrected chi connectivity index (χ0v) is 18.4. The Bertz CT molecular complexity index is 1260. The maximum absolute atomic E-state index is 13.4. The van der Waals surface area contributed by atoms with Gasteiger partial charge in [0, 0.05) is 54.9 Å². The van der Waals surface area contributed by atoms with Crippen molar-refractivity contribution in [1.82, 2.24) is 19.2 Å². The Morgan fingerprint density at radius 2 is 1.59 bits per heavy atom. The second-order valence-corrected chi connectivity index (χ2v) is 9.20. The number of piperazine rings is 1. The molecule has 1 aliphatic rings. The van der Waals surface area contributed by atoms with Gasteiger partial charge in [0.2, 0.25) is 0 Å².